The topological polar surface area (TPSA) is 61.9 Å². The zero-order chi connectivity index (χ0) is 9.10. The molecule has 2 heterocycles. The van der Waals surface area contributed by atoms with Crippen molar-refractivity contribution in [2.45, 2.75) is 19.3 Å². The van der Waals surface area contributed by atoms with Crippen molar-refractivity contribution in [1.82, 2.24) is 20.3 Å². The van der Waals surface area contributed by atoms with Gasteiger partial charge in [0.2, 0.25) is 0 Å². The van der Waals surface area contributed by atoms with Gasteiger partial charge in [-0.2, -0.15) is 15.4 Å². The molecule has 1 aromatic rings. The van der Waals surface area contributed by atoms with Crippen LogP contribution in [0, 0.1) is 0 Å². The number of hydrogen-bond donors (Lipinski definition) is 1. The van der Waals surface area contributed by atoms with Crippen molar-refractivity contribution < 1.29 is 4.79 Å². The van der Waals surface area contributed by atoms with E-state index in [1.54, 1.807) is 0 Å². The second kappa shape index (κ2) is 3.55. The average molecular weight is 180 g/mol. The van der Waals surface area contributed by atoms with Crippen LogP contribution in [-0.2, 0) is 0 Å². The van der Waals surface area contributed by atoms with Crippen molar-refractivity contribution in [3.63, 3.8) is 0 Å². The zero-order valence-corrected chi connectivity index (χ0v) is 7.36. The highest BCUT2D eigenvalue weighted by atomic mass is 16.2. The number of H-pyrrole nitrogens is 1. The Morgan fingerprint density at radius 3 is 2.77 bits per heavy atom. The molecule has 70 valence electrons. The molecular weight excluding hydrogens is 168 g/mol. The first kappa shape index (κ1) is 8.22. The zero-order valence-electron chi connectivity index (χ0n) is 7.36. The van der Waals surface area contributed by atoms with Gasteiger partial charge in [0.05, 0.1) is 6.20 Å². The monoisotopic (exact) mass is 180 g/mol. The summed E-state index contributed by atoms with van der Waals surface area (Å²) in [5, 5.41) is 9.82. The van der Waals surface area contributed by atoms with Crippen molar-refractivity contribution in [3.8, 4) is 0 Å². The van der Waals surface area contributed by atoms with Crippen LogP contribution in [0.1, 0.15) is 29.8 Å². The Kier molecular flexibility index (Phi) is 2.25. The number of rotatable bonds is 1. The molecule has 0 radical (unpaired) electrons. The predicted octanol–water partition coefficient (Wildman–Crippen LogP) is 0.431. The molecule has 1 amide bonds. The van der Waals surface area contributed by atoms with E-state index < -0.39 is 0 Å². The summed E-state index contributed by atoms with van der Waals surface area (Å²) in [6, 6.07) is 0. The van der Waals surface area contributed by atoms with Crippen molar-refractivity contribution in [2.75, 3.05) is 13.1 Å². The Balaban J connectivity index is 2.04. The maximum atomic E-state index is 11.7. The van der Waals surface area contributed by atoms with Crippen LogP contribution in [0.25, 0.3) is 0 Å². The SMILES string of the molecule is O=C(c1cn[nH]n1)N1CCCCC1. The maximum absolute atomic E-state index is 11.7. The standard InChI is InChI=1S/C8H12N4O/c13-8(7-6-9-11-10-7)12-4-2-1-3-5-12/h6H,1-5H2,(H,9,10,11). The molecule has 0 saturated carbocycles. The average Bonchev–Trinajstić information content (AvgIpc) is 2.71. The van der Waals surface area contributed by atoms with E-state index in [9.17, 15) is 4.79 Å². The van der Waals surface area contributed by atoms with Crippen LogP contribution in [0.15, 0.2) is 6.20 Å². The lowest BCUT2D eigenvalue weighted by Gasteiger charge is -2.25. The Hall–Kier alpha value is -1.39. The summed E-state index contributed by atoms with van der Waals surface area (Å²) < 4.78 is 0. The number of hydrogen-bond acceptors (Lipinski definition) is 3. The molecule has 0 spiro atoms. The van der Waals surface area contributed by atoms with E-state index in [1.165, 1.54) is 12.6 Å². The molecule has 5 nitrogen and oxygen atoms in total. The van der Waals surface area contributed by atoms with Gasteiger partial charge in [-0.15, -0.1) is 0 Å². The molecule has 1 aliphatic rings. The van der Waals surface area contributed by atoms with Crippen LogP contribution in [0.2, 0.25) is 0 Å². The number of carbonyl (C=O) groups is 1. The number of nitrogens with zero attached hydrogens (tertiary/aromatic N) is 3. The fourth-order valence-corrected chi connectivity index (χ4v) is 1.56. The molecule has 2 rings (SSSR count). The molecule has 1 fully saturated rings. The van der Waals surface area contributed by atoms with Gasteiger partial charge >= 0.3 is 0 Å². The van der Waals surface area contributed by atoms with E-state index in [0.717, 1.165) is 25.9 Å². The van der Waals surface area contributed by atoms with Crippen molar-refractivity contribution in [1.29, 1.82) is 0 Å². The minimum Gasteiger partial charge on any atom is -0.337 e. The van der Waals surface area contributed by atoms with Crippen molar-refractivity contribution >= 4 is 5.91 Å². The Bertz CT molecular complexity index is 276. The van der Waals surface area contributed by atoms with E-state index in [0.29, 0.717) is 5.69 Å². The van der Waals surface area contributed by atoms with Gasteiger partial charge in [-0.25, -0.2) is 0 Å². The van der Waals surface area contributed by atoms with Gasteiger partial charge in [0.1, 0.15) is 0 Å². The summed E-state index contributed by atoms with van der Waals surface area (Å²) in [4.78, 5) is 13.5. The third-order valence-electron chi connectivity index (χ3n) is 2.28. The number of carbonyl (C=O) groups excluding carboxylic acids is 1. The second-order valence-electron chi connectivity index (χ2n) is 3.21. The highest BCUT2D eigenvalue weighted by Gasteiger charge is 2.19. The summed E-state index contributed by atoms with van der Waals surface area (Å²) in [5.74, 6) is -0.00606. The van der Waals surface area contributed by atoms with E-state index >= 15 is 0 Å². The second-order valence-corrected chi connectivity index (χ2v) is 3.21. The first-order valence-corrected chi connectivity index (χ1v) is 4.53. The number of amides is 1. The van der Waals surface area contributed by atoms with Crippen LogP contribution in [-0.4, -0.2) is 39.3 Å². The molecule has 0 atom stereocenters. The molecule has 1 N–H and O–H groups in total. The number of nitrogens with one attached hydrogen (secondary N) is 1. The van der Waals surface area contributed by atoms with Crippen LogP contribution in [0.3, 0.4) is 0 Å². The van der Waals surface area contributed by atoms with E-state index in [-0.39, 0.29) is 5.91 Å². The van der Waals surface area contributed by atoms with E-state index in [1.807, 2.05) is 4.90 Å². The lowest BCUT2D eigenvalue weighted by atomic mass is 10.1. The molecule has 0 unspecified atom stereocenters. The van der Waals surface area contributed by atoms with E-state index in [2.05, 4.69) is 15.4 Å². The maximum Gasteiger partial charge on any atom is 0.276 e. The quantitative estimate of drug-likeness (QED) is 0.681. The Labute approximate surface area is 76.1 Å². The number of aromatic nitrogens is 3. The molecule has 0 aromatic carbocycles. The van der Waals surface area contributed by atoms with Gasteiger partial charge in [-0.05, 0) is 19.3 Å². The molecule has 13 heavy (non-hydrogen) atoms. The third-order valence-corrected chi connectivity index (χ3v) is 2.28. The highest BCUT2D eigenvalue weighted by molar-refractivity contribution is 5.91. The molecule has 5 heteroatoms. The van der Waals surface area contributed by atoms with Crippen LogP contribution < -0.4 is 0 Å². The number of aromatic amines is 1. The Morgan fingerprint density at radius 1 is 1.38 bits per heavy atom. The number of likely N-dealkylation sites (tertiary alicyclic amines) is 1. The fourth-order valence-electron chi connectivity index (χ4n) is 1.56. The molecule has 1 aromatic heterocycles. The molecule has 1 aliphatic heterocycles. The lowest BCUT2D eigenvalue weighted by molar-refractivity contribution is 0.0718. The van der Waals surface area contributed by atoms with Gasteiger partial charge in [0.15, 0.2) is 5.69 Å². The van der Waals surface area contributed by atoms with Crippen LogP contribution in [0.5, 0.6) is 0 Å². The van der Waals surface area contributed by atoms with E-state index in [4.69, 9.17) is 0 Å². The minimum atomic E-state index is -0.00606. The summed E-state index contributed by atoms with van der Waals surface area (Å²) in [7, 11) is 0. The van der Waals surface area contributed by atoms with Gasteiger partial charge in [-0.1, -0.05) is 0 Å². The highest BCUT2D eigenvalue weighted by Crippen LogP contribution is 2.10. The van der Waals surface area contributed by atoms with Gasteiger partial charge < -0.3 is 4.90 Å². The molecule has 0 aliphatic carbocycles. The van der Waals surface area contributed by atoms with Gasteiger partial charge in [0.25, 0.3) is 5.91 Å². The Morgan fingerprint density at radius 2 is 2.15 bits per heavy atom. The summed E-state index contributed by atoms with van der Waals surface area (Å²) >= 11 is 0. The molecule has 1 saturated heterocycles. The summed E-state index contributed by atoms with van der Waals surface area (Å²) in [6.45, 7) is 1.71. The van der Waals surface area contributed by atoms with Crippen LogP contribution in [0.4, 0.5) is 0 Å². The van der Waals surface area contributed by atoms with Crippen molar-refractivity contribution in [3.05, 3.63) is 11.9 Å². The van der Waals surface area contributed by atoms with Crippen molar-refractivity contribution in [2.24, 2.45) is 0 Å². The lowest BCUT2D eigenvalue weighted by Crippen LogP contribution is -2.35. The summed E-state index contributed by atoms with van der Waals surface area (Å²) in [5.41, 5.74) is 0.418. The van der Waals surface area contributed by atoms with Gasteiger partial charge in [0, 0.05) is 13.1 Å². The minimum absolute atomic E-state index is 0.00606. The first-order chi connectivity index (χ1) is 6.38. The first-order valence-electron chi connectivity index (χ1n) is 4.53. The fraction of sp³-hybridized carbons (Fsp3) is 0.625. The smallest absolute Gasteiger partial charge is 0.276 e. The predicted molar refractivity (Wildman–Crippen MR) is 46.1 cm³/mol. The molecule has 0 bridgehead atoms. The molecular formula is C8H12N4O. The summed E-state index contributed by atoms with van der Waals surface area (Å²) in [6.07, 6.45) is 4.90. The van der Waals surface area contributed by atoms with Gasteiger partial charge in [-0.3, -0.25) is 4.79 Å². The largest absolute Gasteiger partial charge is 0.337 e. The third kappa shape index (κ3) is 1.68. The van der Waals surface area contributed by atoms with Crippen LogP contribution >= 0.6 is 0 Å². The normalized spacial score (nSPS) is 17.4. The number of piperidine rings is 1.